The second-order valence-electron chi connectivity index (χ2n) is 9.30. The van der Waals surface area contributed by atoms with Crippen molar-refractivity contribution < 1.29 is 9.18 Å². The van der Waals surface area contributed by atoms with Crippen molar-refractivity contribution in [3.8, 4) is 11.4 Å². The number of para-hydroxylation sites is 1. The summed E-state index contributed by atoms with van der Waals surface area (Å²) in [4.78, 5) is 16.6. The Morgan fingerprint density at radius 3 is 2.30 bits per heavy atom. The van der Waals surface area contributed by atoms with Crippen LogP contribution in [0.5, 0.6) is 0 Å². The van der Waals surface area contributed by atoms with E-state index in [1.807, 2.05) is 27.5 Å². The largest absolute Gasteiger partial charge is 0.366 e. The molecule has 0 unspecified atom stereocenters. The van der Waals surface area contributed by atoms with Gasteiger partial charge < -0.3 is 14.4 Å². The maximum Gasteiger partial charge on any atom is 0.233 e. The summed E-state index contributed by atoms with van der Waals surface area (Å²) in [5, 5.41) is 9.35. The molecule has 0 bridgehead atoms. The van der Waals surface area contributed by atoms with Gasteiger partial charge in [-0.15, -0.1) is 10.2 Å². The van der Waals surface area contributed by atoms with Crippen molar-refractivity contribution in [2.24, 2.45) is 7.05 Å². The highest BCUT2D eigenvalue weighted by molar-refractivity contribution is 7.99. The predicted octanol–water partition coefficient (Wildman–Crippen LogP) is 4.36. The zero-order valence-electron chi connectivity index (χ0n) is 19.6. The van der Waals surface area contributed by atoms with Gasteiger partial charge in [0.05, 0.1) is 11.4 Å². The molecule has 2 heterocycles. The topological polar surface area (TPSA) is 54.3 Å². The Bertz CT molecular complexity index is 1110. The van der Waals surface area contributed by atoms with E-state index in [4.69, 9.17) is 0 Å². The third-order valence-electron chi connectivity index (χ3n) is 5.99. The molecule has 0 aliphatic carbocycles. The third-order valence-corrected chi connectivity index (χ3v) is 7.00. The number of amides is 1. The van der Waals surface area contributed by atoms with Crippen molar-refractivity contribution in [3.05, 3.63) is 59.9 Å². The summed E-state index contributed by atoms with van der Waals surface area (Å²) in [5.74, 6) is 0.921. The van der Waals surface area contributed by atoms with Crippen LogP contribution in [-0.4, -0.2) is 57.5 Å². The summed E-state index contributed by atoms with van der Waals surface area (Å²) >= 11 is 1.40. The van der Waals surface area contributed by atoms with Crippen molar-refractivity contribution in [3.63, 3.8) is 0 Å². The Labute approximate surface area is 198 Å². The minimum atomic E-state index is -0.223. The van der Waals surface area contributed by atoms with E-state index in [1.165, 1.54) is 23.4 Å². The molecule has 0 spiro atoms. The van der Waals surface area contributed by atoms with Gasteiger partial charge in [-0.05, 0) is 23.1 Å². The Kier molecular flexibility index (Phi) is 6.74. The molecule has 1 saturated heterocycles. The van der Waals surface area contributed by atoms with Crippen LogP contribution in [0.3, 0.4) is 0 Å². The molecule has 0 saturated carbocycles. The van der Waals surface area contributed by atoms with Gasteiger partial charge in [0.1, 0.15) is 5.82 Å². The lowest BCUT2D eigenvalue weighted by Gasteiger charge is -2.36. The van der Waals surface area contributed by atoms with Gasteiger partial charge in [0.25, 0.3) is 0 Å². The van der Waals surface area contributed by atoms with Crippen LogP contribution in [0.4, 0.5) is 10.1 Å². The first-order valence-electron chi connectivity index (χ1n) is 11.1. The van der Waals surface area contributed by atoms with E-state index < -0.39 is 0 Å². The molecule has 1 aliphatic rings. The van der Waals surface area contributed by atoms with Crippen molar-refractivity contribution in [1.29, 1.82) is 0 Å². The molecular formula is C25H30FN5OS. The number of halogens is 1. The number of hydrogen-bond acceptors (Lipinski definition) is 5. The smallest absolute Gasteiger partial charge is 0.233 e. The highest BCUT2D eigenvalue weighted by atomic mass is 32.2. The predicted molar refractivity (Wildman–Crippen MR) is 131 cm³/mol. The van der Waals surface area contributed by atoms with E-state index in [2.05, 4.69) is 55.2 Å². The third kappa shape index (κ3) is 5.21. The number of anilines is 1. The Balaban J connectivity index is 1.33. The zero-order valence-corrected chi connectivity index (χ0v) is 20.4. The van der Waals surface area contributed by atoms with Crippen LogP contribution in [0.1, 0.15) is 26.3 Å². The molecule has 4 rings (SSSR count). The van der Waals surface area contributed by atoms with Crippen LogP contribution >= 0.6 is 11.8 Å². The maximum absolute atomic E-state index is 14.0. The fraction of sp³-hybridized carbons (Fsp3) is 0.400. The number of carbonyl (C=O) groups excluding carboxylic acids is 1. The molecule has 1 aromatic heterocycles. The number of carbonyl (C=O) groups is 1. The number of benzene rings is 2. The van der Waals surface area contributed by atoms with Crippen molar-refractivity contribution >= 4 is 23.4 Å². The average Bonchev–Trinajstić information content (AvgIpc) is 3.17. The molecule has 0 radical (unpaired) electrons. The van der Waals surface area contributed by atoms with Crippen molar-refractivity contribution in [1.82, 2.24) is 19.7 Å². The highest BCUT2D eigenvalue weighted by Crippen LogP contribution is 2.27. The van der Waals surface area contributed by atoms with E-state index in [1.54, 1.807) is 12.1 Å². The maximum atomic E-state index is 14.0. The SMILES string of the molecule is Cn1c(SCC(=O)N2CCN(c3ccccc3F)CC2)nnc1-c1ccc(C(C)(C)C)cc1. The summed E-state index contributed by atoms with van der Waals surface area (Å²) < 4.78 is 16.0. The Morgan fingerprint density at radius 2 is 1.67 bits per heavy atom. The number of nitrogens with zero attached hydrogens (tertiary/aromatic N) is 5. The summed E-state index contributed by atoms with van der Waals surface area (Å²) in [7, 11) is 1.92. The molecular weight excluding hydrogens is 437 g/mol. The Morgan fingerprint density at radius 1 is 1.00 bits per heavy atom. The molecule has 1 fully saturated rings. The van der Waals surface area contributed by atoms with Crippen molar-refractivity contribution in [2.45, 2.75) is 31.3 Å². The summed E-state index contributed by atoms with van der Waals surface area (Å²) in [6.45, 7) is 8.98. The van der Waals surface area contributed by atoms with Crippen molar-refractivity contribution in [2.75, 3.05) is 36.8 Å². The van der Waals surface area contributed by atoms with E-state index >= 15 is 0 Å². The first-order valence-corrected chi connectivity index (χ1v) is 12.1. The molecule has 1 aliphatic heterocycles. The summed E-state index contributed by atoms with van der Waals surface area (Å²) in [6, 6.07) is 15.2. The number of thioether (sulfide) groups is 1. The fourth-order valence-electron chi connectivity index (χ4n) is 3.93. The zero-order chi connectivity index (χ0) is 23.6. The first-order chi connectivity index (χ1) is 15.7. The van der Waals surface area contributed by atoms with E-state index in [-0.39, 0.29) is 17.1 Å². The minimum absolute atomic E-state index is 0.0623. The highest BCUT2D eigenvalue weighted by Gasteiger charge is 2.23. The average molecular weight is 468 g/mol. The molecule has 0 N–H and O–H groups in total. The monoisotopic (exact) mass is 467 g/mol. The normalized spacial score (nSPS) is 14.6. The van der Waals surface area contributed by atoms with Gasteiger partial charge in [0.2, 0.25) is 5.91 Å². The van der Waals surface area contributed by atoms with E-state index in [0.717, 1.165) is 11.4 Å². The second-order valence-corrected chi connectivity index (χ2v) is 10.2. The lowest BCUT2D eigenvalue weighted by molar-refractivity contribution is -0.128. The lowest BCUT2D eigenvalue weighted by atomic mass is 9.87. The molecule has 1 amide bonds. The standard InChI is InChI=1S/C25H30FN5OS/c1-25(2,3)19-11-9-18(10-12-19)23-27-28-24(29(23)4)33-17-22(32)31-15-13-30(14-16-31)21-8-6-5-7-20(21)26/h5-12H,13-17H2,1-4H3. The van der Waals surface area contributed by atoms with Crippen LogP contribution in [-0.2, 0) is 17.3 Å². The van der Waals surface area contributed by atoms with Crippen LogP contribution in [0.15, 0.2) is 53.7 Å². The van der Waals surface area contributed by atoms with Crippen LogP contribution < -0.4 is 4.90 Å². The molecule has 8 heteroatoms. The molecule has 174 valence electrons. The van der Waals surface area contributed by atoms with Gasteiger partial charge in [0, 0.05) is 38.8 Å². The number of rotatable bonds is 5. The summed E-state index contributed by atoms with van der Waals surface area (Å²) in [6.07, 6.45) is 0. The van der Waals surface area contributed by atoms with Crippen LogP contribution in [0.2, 0.25) is 0 Å². The van der Waals surface area contributed by atoms with Gasteiger partial charge in [0.15, 0.2) is 11.0 Å². The van der Waals surface area contributed by atoms with Gasteiger partial charge in [-0.25, -0.2) is 4.39 Å². The van der Waals surface area contributed by atoms with Crippen LogP contribution in [0, 0.1) is 5.82 Å². The summed E-state index contributed by atoms with van der Waals surface area (Å²) in [5.41, 5.74) is 2.96. The fourth-order valence-corrected chi connectivity index (χ4v) is 4.75. The molecule has 2 aromatic carbocycles. The second kappa shape index (κ2) is 9.55. The molecule has 0 atom stereocenters. The minimum Gasteiger partial charge on any atom is -0.366 e. The van der Waals surface area contributed by atoms with Gasteiger partial charge >= 0.3 is 0 Å². The quantitative estimate of drug-likeness (QED) is 0.522. The molecule has 3 aromatic rings. The van der Waals surface area contributed by atoms with Crippen LogP contribution in [0.25, 0.3) is 11.4 Å². The number of piperazine rings is 1. The number of aromatic nitrogens is 3. The van der Waals surface area contributed by atoms with Gasteiger partial charge in [-0.2, -0.15) is 0 Å². The van der Waals surface area contributed by atoms with Gasteiger partial charge in [-0.1, -0.05) is 68.9 Å². The first kappa shape index (κ1) is 23.3. The molecule has 6 nitrogen and oxygen atoms in total. The van der Waals surface area contributed by atoms with E-state index in [0.29, 0.717) is 42.8 Å². The van der Waals surface area contributed by atoms with Gasteiger partial charge in [-0.3, -0.25) is 4.79 Å². The van der Waals surface area contributed by atoms with E-state index in [9.17, 15) is 9.18 Å². The molecule has 33 heavy (non-hydrogen) atoms. The Hall–Kier alpha value is -2.87. The number of hydrogen-bond donors (Lipinski definition) is 0. The lowest BCUT2D eigenvalue weighted by Crippen LogP contribution is -2.49.